The lowest BCUT2D eigenvalue weighted by Gasteiger charge is -2.13. The summed E-state index contributed by atoms with van der Waals surface area (Å²) in [6, 6.07) is 3.71. The molecule has 0 unspecified atom stereocenters. The van der Waals surface area contributed by atoms with Gasteiger partial charge in [-0.25, -0.2) is 4.98 Å². The number of aromatic nitrogens is 2. The van der Waals surface area contributed by atoms with Crippen LogP contribution in [-0.4, -0.2) is 22.9 Å². The van der Waals surface area contributed by atoms with Gasteiger partial charge in [-0.2, -0.15) is 0 Å². The van der Waals surface area contributed by atoms with E-state index in [4.69, 9.17) is 21.1 Å². The highest BCUT2D eigenvalue weighted by molar-refractivity contribution is 6.32. The summed E-state index contributed by atoms with van der Waals surface area (Å²) in [4.78, 5) is 15.0. The first-order valence-electron chi connectivity index (χ1n) is 6.69. The largest absolute Gasteiger partial charge is 0.493 e. The summed E-state index contributed by atoms with van der Waals surface area (Å²) >= 11 is 6.16. The van der Waals surface area contributed by atoms with E-state index in [1.165, 1.54) is 20.0 Å². The molecule has 0 amide bonds. The zero-order valence-electron chi connectivity index (χ0n) is 11.6. The lowest BCUT2D eigenvalue weighted by atomic mass is 10.2. The van der Waals surface area contributed by atoms with Crippen molar-refractivity contribution < 1.29 is 14.3 Å². The average Bonchev–Trinajstić information content (AvgIpc) is 3.24. The van der Waals surface area contributed by atoms with Gasteiger partial charge in [0.15, 0.2) is 11.5 Å². The smallest absolute Gasteiger partial charge is 0.180 e. The number of methoxy groups -OCH3 is 1. The zero-order chi connectivity index (χ0) is 14.8. The van der Waals surface area contributed by atoms with Crippen LogP contribution in [0.4, 0.5) is 0 Å². The minimum Gasteiger partial charge on any atom is -0.493 e. The maximum Gasteiger partial charge on any atom is 0.180 e. The van der Waals surface area contributed by atoms with Crippen molar-refractivity contribution in [2.75, 3.05) is 7.11 Å². The molecule has 0 saturated heterocycles. The van der Waals surface area contributed by atoms with E-state index in [-0.39, 0.29) is 0 Å². The summed E-state index contributed by atoms with van der Waals surface area (Å²) < 4.78 is 13.2. The molecule has 0 aliphatic heterocycles. The van der Waals surface area contributed by atoms with Crippen LogP contribution in [0.3, 0.4) is 0 Å². The number of hydrogen-bond acceptors (Lipinski definition) is 4. The van der Waals surface area contributed by atoms with Gasteiger partial charge in [-0.05, 0) is 25.0 Å². The van der Waals surface area contributed by atoms with Gasteiger partial charge in [0.2, 0.25) is 0 Å². The number of hydrogen-bond donors (Lipinski definition) is 0. The van der Waals surface area contributed by atoms with Crippen molar-refractivity contribution in [1.29, 1.82) is 0 Å². The van der Waals surface area contributed by atoms with Crippen LogP contribution < -0.4 is 9.47 Å². The molecule has 1 aliphatic rings. The summed E-state index contributed by atoms with van der Waals surface area (Å²) in [5.74, 6) is 0.885. The van der Waals surface area contributed by atoms with E-state index in [9.17, 15) is 4.79 Å². The number of rotatable bonds is 6. The van der Waals surface area contributed by atoms with Gasteiger partial charge in [0, 0.05) is 11.6 Å². The van der Waals surface area contributed by atoms with Crippen LogP contribution in [-0.2, 0) is 6.61 Å². The molecule has 6 heteroatoms. The predicted molar refractivity (Wildman–Crippen MR) is 78.2 cm³/mol. The Balaban J connectivity index is 1.81. The molecule has 1 aliphatic carbocycles. The first-order valence-corrected chi connectivity index (χ1v) is 7.07. The van der Waals surface area contributed by atoms with E-state index in [0.29, 0.717) is 34.7 Å². The molecule has 1 fully saturated rings. The van der Waals surface area contributed by atoms with Crippen molar-refractivity contribution in [3.05, 3.63) is 40.9 Å². The summed E-state index contributed by atoms with van der Waals surface area (Å²) in [7, 11) is 1.52. The minimum atomic E-state index is 0.354. The molecule has 0 spiro atoms. The molecule has 5 nitrogen and oxygen atoms in total. The minimum absolute atomic E-state index is 0.354. The Bertz CT molecular complexity index is 665. The molecule has 0 N–H and O–H groups in total. The number of halogens is 1. The van der Waals surface area contributed by atoms with E-state index in [1.807, 2.05) is 6.33 Å². The second kappa shape index (κ2) is 5.77. The second-order valence-corrected chi connectivity index (χ2v) is 5.37. The normalized spacial score (nSPS) is 14.0. The van der Waals surface area contributed by atoms with E-state index in [1.54, 1.807) is 18.3 Å². The zero-order valence-corrected chi connectivity index (χ0v) is 12.3. The highest BCUT2D eigenvalue weighted by Crippen LogP contribution is 2.38. The fourth-order valence-electron chi connectivity index (χ4n) is 2.22. The van der Waals surface area contributed by atoms with Crippen molar-refractivity contribution in [3.8, 4) is 11.5 Å². The van der Waals surface area contributed by atoms with Crippen molar-refractivity contribution in [2.24, 2.45) is 0 Å². The van der Waals surface area contributed by atoms with Crippen LogP contribution >= 0.6 is 11.6 Å². The van der Waals surface area contributed by atoms with Crippen LogP contribution in [0, 0.1) is 0 Å². The number of carbonyl (C=O) groups is 1. The molecule has 3 rings (SSSR count). The number of imidazole rings is 1. The molecule has 0 radical (unpaired) electrons. The van der Waals surface area contributed by atoms with Gasteiger partial charge >= 0.3 is 0 Å². The van der Waals surface area contributed by atoms with Crippen molar-refractivity contribution in [1.82, 2.24) is 9.55 Å². The third-order valence-corrected chi connectivity index (χ3v) is 3.72. The summed E-state index contributed by atoms with van der Waals surface area (Å²) in [6.45, 7) is 0.354. The monoisotopic (exact) mass is 306 g/mol. The molecule has 2 aromatic rings. The third-order valence-electron chi connectivity index (χ3n) is 3.44. The lowest BCUT2D eigenvalue weighted by molar-refractivity contribution is 0.112. The highest BCUT2D eigenvalue weighted by Gasteiger charge is 2.25. The van der Waals surface area contributed by atoms with Crippen LogP contribution in [0.15, 0.2) is 24.7 Å². The van der Waals surface area contributed by atoms with Crippen LogP contribution in [0.5, 0.6) is 11.5 Å². The number of aldehydes is 1. The van der Waals surface area contributed by atoms with Gasteiger partial charge in [-0.3, -0.25) is 4.79 Å². The quantitative estimate of drug-likeness (QED) is 0.769. The Hall–Kier alpha value is -2.01. The van der Waals surface area contributed by atoms with Crippen molar-refractivity contribution >= 4 is 17.9 Å². The lowest BCUT2D eigenvalue weighted by Crippen LogP contribution is -2.05. The van der Waals surface area contributed by atoms with Crippen molar-refractivity contribution in [2.45, 2.75) is 25.5 Å². The van der Waals surface area contributed by atoms with Crippen molar-refractivity contribution in [3.63, 3.8) is 0 Å². The fourth-order valence-corrected chi connectivity index (χ4v) is 2.49. The SMILES string of the molecule is COc1cc(C=O)cc(Cl)c1OCc1cncn1C1CC1. The van der Waals surface area contributed by atoms with E-state index in [0.717, 1.165) is 12.0 Å². The van der Waals surface area contributed by atoms with Gasteiger partial charge in [-0.1, -0.05) is 11.6 Å². The van der Waals surface area contributed by atoms with E-state index < -0.39 is 0 Å². The maximum atomic E-state index is 10.8. The number of nitrogens with zero attached hydrogens (tertiary/aromatic N) is 2. The van der Waals surface area contributed by atoms with E-state index in [2.05, 4.69) is 9.55 Å². The summed E-state index contributed by atoms with van der Waals surface area (Å²) in [5.41, 5.74) is 1.45. The first kappa shape index (κ1) is 13.9. The van der Waals surface area contributed by atoms with Crippen LogP contribution in [0.2, 0.25) is 5.02 Å². The fraction of sp³-hybridized carbons (Fsp3) is 0.333. The van der Waals surface area contributed by atoms with Crippen LogP contribution in [0.25, 0.3) is 0 Å². The van der Waals surface area contributed by atoms with Gasteiger partial charge in [0.1, 0.15) is 12.9 Å². The van der Waals surface area contributed by atoms with Gasteiger partial charge in [-0.15, -0.1) is 0 Å². The summed E-state index contributed by atoms with van der Waals surface area (Å²) in [5, 5.41) is 0.355. The Morgan fingerprint density at radius 1 is 1.48 bits per heavy atom. The molecule has 21 heavy (non-hydrogen) atoms. The Kier molecular flexibility index (Phi) is 3.84. The topological polar surface area (TPSA) is 53.4 Å². The average molecular weight is 307 g/mol. The number of carbonyl (C=O) groups excluding carboxylic acids is 1. The second-order valence-electron chi connectivity index (χ2n) is 4.96. The Labute approximate surface area is 127 Å². The molecule has 0 bridgehead atoms. The number of ether oxygens (including phenoxy) is 2. The molecular weight excluding hydrogens is 292 g/mol. The Morgan fingerprint density at radius 2 is 2.29 bits per heavy atom. The van der Waals surface area contributed by atoms with Crippen LogP contribution in [0.1, 0.15) is 34.9 Å². The molecule has 1 aromatic carbocycles. The predicted octanol–water partition coefficient (Wildman–Crippen LogP) is 3.27. The molecule has 110 valence electrons. The van der Waals surface area contributed by atoms with Gasteiger partial charge < -0.3 is 14.0 Å². The maximum absolute atomic E-state index is 10.8. The standard InChI is InChI=1S/C15H15ClN2O3/c1-20-14-5-10(7-19)4-13(16)15(14)21-8-12-6-17-9-18(12)11-2-3-11/h4-7,9,11H,2-3,8H2,1H3. The molecule has 1 saturated carbocycles. The highest BCUT2D eigenvalue weighted by atomic mass is 35.5. The molecule has 1 heterocycles. The first-order chi connectivity index (χ1) is 10.2. The molecule has 0 atom stereocenters. The summed E-state index contributed by atoms with van der Waals surface area (Å²) in [6.07, 6.45) is 6.70. The van der Waals surface area contributed by atoms with E-state index >= 15 is 0 Å². The number of benzene rings is 1. The van der Waals surface area contributed by atoms with Gasteiger partial charge in [0.05, 0.1) is 30.4 Å². The third kappa shape index (κ3) is 2.88. The van der Waals surface area contributed by atoms with Gasteiger partial charge in [0.25, 0.3) is 0 Å². The molecular formula is C15H15ClN2O3. The molecule has 1 aromatic heterocycles. The Morgan fingerprint density at radius 3 is 2.95 bits per heavy atom.